The largest absolute Gasteiger partial charge is 0.463 e. The zero-order valence-corrected chi connectivity index (χ0v) is 9.00. The van der Waals surface area contributed by atoms with Crippen LogP contribution < -0.4 is 5.56 Å². The first-order chi connectivity index (χ1) is 8.04. The van der Waals surface area contributed by atoms with Crippen molar-refractivity contribution in [1.82, 2.24) is 4.98 Å². The highest BCUT2D eigenvalue weighted by Gasteiger charge is 2.11. The van der Waals surface area contributed by atoms with Gasteiger partial charge in [-0.05, 0) is 18.6 Å². The van der Waals surface area contributed by atoms with Gasteiger partial charge in [-0.25, -0.2) is 4.79 Å². The van der Waals surface area contributed by atoms with E-state index in [2.05, 4.69) is 9.72 Å². The van der Waals surface area contributed by atoms with Crippen LogP contribution in [0.4, 0.5) is 5.69 Å². The molecule has 17 heavy (non-hydrogen) atoms. The van der Waals surface area contributed by atoms with Crippen LogP contribution in [0, 0.1) is 10.1 Å². The number of rotatable bonds is 4. The maximum atomic E-state index is 11.0. The minimum atomic E-state index is -0.791. The maximum absolute atomic E-state index is 11.0. The van der Waals surface area contributed by atoms with E-state index >= 15 is 0 Å². The van der Waals surface area contributed by atoms with Gasteiger partial charge in [0.1, 0.15) is 0 Å². The maximum Gasteiger partial charge on any atom is 0.334 e. The molecule has 7 nitrogen and oxygen atoms in total. The number of H-pyrrole nitrogens is 1. The number of ether oxygens (including phenoxy) is 1. The minimum Gasteiger partial charge on any atom is -0.463 e. The number of aromatic nitrogens is 1. The quantitative estimate of drug-likeness (QED) is 0.362. The number of carbonyl (C=O) groups is 1. The Morgan fingerprint density at radius 2 is 2.35 bits per heavy atom. The Hall–Kier alpha value is -2.44. The number of hydrogen-bond acceptors (Lipinski definition) is 5. The van der Waals surface area contributed by atoms with Gasteiger partial charge in [0.2, 0.25) is 0 Å². The van der Waals surface area contributed by atoms with Crippen molar-refractivity contribution in [1.29, 1.82) is 0 Å². The van der Waals surface area contributed by atoms with Gasteiger partial charge >= 0.3 is 17.2 Å². The van der Waals surface area contributed by atoms with Crippen molar-refractivity contribution in [2.45, 2.75) is 6.92 Å². The molecule has 1 N–H and O–H groups in total. The van der Waals surface area contributed by atoms with Gasteiger partial charge in [-0.15, -0.1) is 0 Å². The zero-order chi connectivity index (χ0) is 12.8. The molecule has 0 saturated heterocycles. The van der Waals surface area contributed by atoms with Crippen LogP contribution in [-0.4, -0.2) is 22.5 Å². The van der Waals surface area contributed by atoms with Crippen LogP contribution in [0.25, 0.3) is 6.08 Å². The van der Waals surface area contributed by atoms with E-state index in [0.29, 0.717) is 5.56 Å². The van der Waals surface area contributed by atoms with E-state index in [-0.39, 0.29) is 6.61 Å². The lowest BCUT2D eigenvalue weighted by Gasteiger charge is -1.95. The smallest absolute Gasteiger partial charge is 0.334 e. The molecule has 0 aromatic carbocycles. The molecule has 7 heteroatoms. The van der Waals surface area contributed by atoms with E-state index in [1.165, 1.54) is 12.3 Å². The van der Waals surface area contributed by atoms with Crippen LogP contribution in [0.3, 0.4) is 0 Å². The fraction of sp³-hybridized carbons (Fsp3) is 0.200. The van der Waals surface area contributed by atoms with Crippen molar-refractivity contribution in [3.63, 3.8) is 0 Å². The molecule has 0 aliphatic heterocycles. The Balaban J connectivity index is 2.94. The highest BCUT2D eigenvalue weighted by Crippen LogP contribution is 2.07. The molecule has 0 atom stereocenters. The van der Waals surface area contributed by atoms with Gasteiger partial charge in [0.15, 0.2) is 0 Å². The summed E-state index contributed by atoms with van der Waals surface area (Å²) in [7, 11) is 0. The summed E-state index contributed by atoms with van der Waals surface area (Å²) in [5.41, 5.74) is -1.02. The van der Waals surface area contributed by atoms with E-state index in [4.69, 9.17) is 0 Å². The van der Waals surface area contributed by atoms with Crippen LogP contribution in [0.2, 0.25) is 0 Å². The molecule has 0 amide bonds. The summed E-state index contributed by atoms with van der Waals surface area (Å²) in [5, 5.41) is 10.5. The van der Waals surface area contributed by atoms with Gasteiger partial charge in [-0.2, -0.15) is 0 Å². The van der Waals surface area contributed by atoms with Crippen LogP contribution >= 0.6 is 0 Å². The van der Waals surface area contributed by atoms with Gasteiger partial charge in [0.05, 0.1) is 11.5 Å². The molecule has 0 spiro atoms. The Morgan fingerprint density at radius 3 is 2.94 bits per heavy atom. The molecule has 0 radical (unpaired) electrons. The molecule has 0 aliphatic carbocycles. The Labute approximate surface area is 95.9 Å². The zero-order valence-electron chi connectivity index (χ0n) is 9.00. The van der Waals surface area contributed by atoms with Crippen molar-refractivity contribution >= 4 is 17.7 Å². The lowest BCUT2D eigenvalue weighted by Crippen LogP contribution is -2.10. The summed E-state index contributed by atoms with van der Waals surface area (Å²) in [4.78, 5) is 33.9. The monoisotopic (exact) mass is 238 g/mol. The van der Waals surface area contributed by atoms with Gasteiger partial charge in [0.25, 0.3) is 0 Å². The summed E-state index contributed by atoms with van der Waals surface area (Å²) in [6, 6.07) is 1.08. The molecule has 0 bridgehead atoms. The van der Waals surface area contributed by atoms with Crippen LogP contribution in [-0.2, 0) is 9.53 Å². The number of hydrogen-bond donors (Lipinski definition) is 1. The van der Waals surface area contributed by atoms with E-state index in [1.54, 1.807) is 6.92 Å². The standard InChI is InChI=1S/C10H10N2O5/c1-2-17-9(13)4-3-7-5-8(12(15)16)10(14)11-6-7/h3-6H,2H2,1H3,(H,11,14). The topological polar surface area (TPSA) is 102 Å². The summed E-state index contributed by atoms with van der Waals surface area (Å²) < 4.78 is 4.63. The van der Waals surface area contributed by atoms with E-state index in [1.807, 2.05) is 0 Å². The average molecular weight is 238 g/mol. The molecule has 1 heterocycles. The first kappa shape index (κ1) is 12.6. The average Bonchev–Trinajstić information content (AvgIpc) is 2.28. The van der Waals surface area contributed by atoms with Crippen molar-refractivity contribution in [3.05, 3.63) is 44.4 Å². The SMILES string of the molecule is CCOC(=O)C=Cc1c[nH]c(=O)c([N+](=O)[O-])c1. The van der Waals surface area contributed by atoms with E-state index in [0.717, 1.165) is 12.1 Å². The fourth-order valence-corrected chi connectivity index (χ4v) is 1.07. The van der Waals surface area contributed by atoms with Gasteiger partial charge in [-0.3, -0.25) is 14.9 Å². The predicted molar refractivity (Wildman–Crippen MR) is 59.4 cm³/mol. The molecule has 0 unspecified atom stereocenters. The Morgan fingerprint density at radius 1 is 1.65 bits per heavy atom. The molecule has 1 rings (SSSR count). The van der Waals surface area contributed by atoms with Crippen molar-refractivity contribution in [2.75, 3.05) is 6.61 Å². The normalized spacial score (nSPS) is 10.4. The second-order valence-electron chi connectivity index (χ2n) is 2.99. The molecule has 1 aromatic heterocycles. The lowest BCUT2D eigenvalue weighted by molar-refractivity contribution is -0.386. The highest BCUT2D eigenvalue weighted by atomic mass is 16.6. The van der Waals surface area contributed by atoms with Crippen molar-refractivity contribution in [3.8, 4) is 0 Å². The second-order valence-corrected chi connectivity index (χ2v) is 2.99. The number of pyridine rings is 1. The summed E-state index contributed by atoms with van der Waals surface area (Å²) in [6.07, 6.45) is 3.72. The Kier molecular flexibility index (Phi) is 4.15. The third-order valence-electron chi connectivity index (χ3n) is 1.80. The first-order valence-corrected chi connectivity index (χ1v) is 4.76. The lowest BCUT2D eigenvalue weighted by atomic mass is 10.2. The molecule has 1 aromatic rings. The number of nitro groups is 1. The highest BCUT2D eigenvalue weighted by molar-refractivity contribution is 5.87. The number of aromatic amines is 1. The molecule has 0 aliphatic rings. The van der Waals surface area contributed by atoms with Crippen LogP contribution in [0.15, 0.2) is 23.1 Å². The van der Waals surface area contributed by atoms with Gasteiger partial charge in [0, 0.05) is 18.3 Å². The summed E-state index contributed by atoms with van der Waals surface area (Å²) in [5.74, 6) is -0.554. The first-order valence-electron chi connectivity index (χ1n) is 4.76. The molecular weight excluding hydrogens is 228 g/mol. The van der Waals surface area contributed by atoms with Gasteiger partial charge in [-0.1, -0.05) is 0 Å². The second kappa shape index (κ2) is 5.59. The van der Waals surface area contributed by atoms with E-state index in [9.17, 15) is 19.7 Å². The molecule has 90 valence electrons. The van der Waals surface area contributed by atoms with E-state index < -0.39 is 22.1 Å². The fourth-order valence-electron chi connectivity index (χ4n) is 1.07. The van der Waals surface area contributed by atoms with Crippen molar-refractivity contribution in [2.24, 2.45) is 0 Å². The summed E-state index contributed by atoms with van der Waals surface area (Å²) >= 11 is 0. The molecule has 0 saturated carbocycles. The van der Waals surface area contributed by atoms with Crippen LogP contribution in [0.1, 0.15) is 12.5 Å². The van der Waals surface area contributed by atoms with Crippen molar-refractivity contribution < 1.29 is 14.5 Å². The third-order valence-corrected chi connectivity index (χ3v) is 1.80. The third kappa shape index (κ3) is 3.56. The number of nitrogens with one attached hydrogen (secondary N) is 1. The Bertz CT molecular complexity index is 518. The number of esters is 1. The summed E-state index contributed by atoms with van der Waals surface area (Å²) in [6.45, 7) is 1.91. The number of carbonyl (C=O) groups excluding carboxylic acids is 1. The number of nitrogens with zero attached hydrogens (tertiary/aromatic N) is 1. The van der Waals surface area contributed by atoms with Gasteiger partial charge < -0.3 is 9.72 Å². The predicted octanol–water partition coefficient (Wildman–Crippen LogP) is 0.859. The minimum absolute atomic E-state index is 0.245. The molecular formula is C10H10N2O5. The van der Waals surface area contributed by atoms with Crippen LogP contribution in [0.5, 0.6) is 0 Å². The molecule has 0 fully saturated rings.